The third-order valence-corrected chi connectivity index (χ3v) is 7.06. The number of aromatic nitrogens is 1. The zero-order chi connectivity index (χ0) is 17.0. The Hall–Kier alpha value is -1.49. The molecule has 0 spiro atoms. The monoisotopic (exact) mass is 372 g/mol. The average Bonchev–Trinajstić information content (AvgIpc) is 3.19. The number of H-pyrrole nitrogens is 1. The first-order chi connectivity index (χ1) is 12.3. The SMILES string of the molecule is COc1ccc2c3c([nH]c2c1)C1Cc2sc(CCCl)cc2CN1CC3. The minimum Gasteiger partial charge on any atom is -0.497 e. The van der Waals surface area contributed by atoms with Crippen LogP contribution >= 0.6 is 22.9 Å². The molecule has 0 bridgehead atoms. The highest BCUT2D eigenvalue weighted by molar-refractivity contribution is 7.12. The largest absolute Gasteiger partial charge is 0.497 e. The van der Waals surface area contributed by atoms with Gasteiger partial charge in [0.1, 0.15) is 5.75 Å². The summed E-state index contributed by atoms with van der Waals surface area (Å²) in [6.45, 7) is 2.20. The van der Waals surface area contributed by atoms with E-state index in [1.807, 2.05) is 11.3 Å². The molecule has 0 aliphatic carbocycles. The van der Waals surface area contributed by atoms with Gasteiger partial charge in [-0.2, -0.15) is 0 Å². The van der Waals surface area contributed by atoms with Gasteiger partial charge in [-0.05, 0) is 42.2 Å². The highest BCUT2D eigenvalue weighted by atomic mass is 35.5. The molecule has 0 saturated carbocycles. The molecule has 1 N–H and O–H groups in total. The molecule has 5 heteroatoms. The Bertz CT molecular complexity index is 945. The number of ether oxygens (including phenoxy) is 1. The number of hydrogen-bond acceptors (Lipinski definition) is 3. The normalized spacial score (nSPS) is 19.5. The Morgan fingerprint density at radius 3 is 3.12 bits per heavy atom. The van der Waals surface area contributed by atoms with E-state index in [0.29, 0.717) is 11.9 Å². The molecule has 2 aromatic heterocycles. The summed E-state index contributed by atoms with van der Waals surface area (Å²) in [5.41, 5.74) is 5.63. The van der Waals surface area contributed by atoms with Gasteiger partial charge in [0.15, 0.2) is 0 Å². The molecular weight excluding hydrogens is 352 g/mol. The second-order valence-corrected chi connectivity index (χ2v) is 8.57. The molecule has 25 heavy (non-hydrogen) atoms. The summed E-state index contributed by atoms with van der Waals surface area (Å²) in [6.07, 6.45) is 3.22. The molecule has 2 aliphatic heterocycles. The molecule has 4 heterocycles. The molecule has 3 aromatic rings. The van der Waals surface area contributed by atoms with Crippen molar-refractivity contribution >= 4 is 33.8 Å². The standard InChI is InChI=1S/C20H21ClN2OS/c1-24-13-2-3-15-16-5-7-23-11-12-8-14(4-6-21)25-19(12)10-18(23)20(16)22-17(15)9-13/h2-3,8-9,18,22H,4-7,10-11H2,1H3. The maximum absolute atomic E-state index is 5.94. The Morgan fingerprint density at radius 1 is 1.36 bits per heavy atom. The summed E-state index contributed by atoms with van der Waals surface area (Å²) < 4.78 is 5.39. The van der Waals surface area contributed by atoms with Gasteiger partial charge in [0, 0.05) is 57.8 Å². The highest BCUT2D eigenvalue weighted by Gasteiger charge is 2.35. The van der Waals surface area contributed by atoms with E-state index in [1.54, 1.807) is 12.0 Å². The number of nitrogens with zero attached hydrogens (tertiary/aromatic N) is 1. The summed E-state index contributed by atoms with van der Waals surface area (Å²) in [5.74, 6) is 1.62. The van der Waals surface area contributed by atoms with Gasteiger partial charge in [0.05, 0.1) is 13.2 Å². The van der Waals surface area contributed by atoms with Crippen molar-refractivity contribution in [3.63, 3.8) is 0 Å². The molecule has 5 rings (SSSR count). The van der Waals surface area contributed by atoms with Crippen LogP contribution in [0.5, 0.6) is 5.75 Å². The molecule has 1 aromatic carbocycles. The highest BCUT2D eigenvalue weighted by Crippen LogP contribution is 2.43. The molecule has 0 saturated heterocycles. The zero-order valence-corrected chi connectivity index (χ0v) is 15.8. The third kappa shape index (κ3) is 2.50. The van der Waals surface area contributed by atoms with Crippen molar-refractivity contribution in [3.05, 3.63) is 50.8 Å². The van der Waals surface area contributed by atoms with E-state index in [1.165, 1.54) is 32.6 Å². The van der Waals surface area contributed by atoms with Crippen molar-refractivity contribution < 1.29 is 4.74 Å². The average molecular weight is 373 g/mol. The number of nitrogens with one attached hydrogen (secondary N) is 1. The van der Waals surface area contributed by atoms with Gasteiger partial charge in [-0.15, -0.1) is 22.9 Å². The van der Waals surface area contributed by atoms with E-state index in [-0.39, 0.29) is 0 Å². The lowest BCUT2D eigenvalue weighted by Crippen LogP contribution is -2.38. The molecule has 130 valence electrons. The second kappa shape index (κ2) is 6.04. The number of aryl methyl sites for hydroxylation is 1. The first-order valence-electron chi connectivity index (χ1n) is 8.86. The summed E-state index contributed by atoms with van der Waals surface area (Å²) >= 11 is 7.90. The predicted octanol–water partition coefficient (Wildman–Crippen LogP) is 4.67. The fourth-order valence-electron chi connectivity index (χ4n) is 4.40. The zero-order valence-electron chi connectivity index (χ0n) is 14.3. The van der Waals surface area contributed by atoms with Crippen LogP contribution in [0.25, 0.3) is 10.9 Å². The van der Waals surface area contributed by atoms with Crippen LogP contribution in [0.15, 0.2) is 24.3 Å². The first-order valence-corrected chi connectivity index (χ1v) is 10.2. The second-order valence-electron chi connectivity index (χ2n) is 6.97. The van der Waals surface area contributed by atoms with Crippen LogP contribution < -0.4 is 4.74 Å². The number of fused-ring (bicyclic) bond motifs is 6. The van der Waals surface area contributed by atoms with Crippen molar-refractivity contribution in [3.8, 4) is 5.75 Å². The lowest BCUT2D eigenvalue weighted by molar-refractivity contribution is 0.160. The Labute approximate surface area is 156 Å². The first kappa shape index (κ1) is 15.7. The topological polar surface area (TPSA) is 28.3 Å². The molecule has 0 fully saturated rings. The van der Waals surface area contributed by atoms with E-state index < -0.39 is 0 Å². The molecular formula is C20H21ClN2OS. The molecule has 0 amide bonds. The Kier molecular flexibility index (Phi) is 3.81. The van der Waals surface area contributed by atoms with Gasteiger partial charge in [0.25, 0.3) is 0 Å². The summed E-state index contributed by atoms with van der Waals surface area (Å²) in [4.78, 5) is 9.33. The van der Waals surface area contributed by atoms with Crippen LogP contribution in [-0.4, -0.2) is 29.4 Å². The molecule has 1 unspecified atom stereocenters. The van der Waals surface area contributed by atoms with Crippen molar-refractivity contribution in [1.82, 2.24) is 9.88 Å². The Balaban J connectivity index is 1.55. The maximum Gasteiger partial charge on any atom is 0.120 e. The van der Waals surface area contributed by atoms with Crippen molar-refractivity contribution in [1.29, 1.82) is 0 Å². The smallest absolute Gasteiger partial charge is 0.120 e. The van der Waals surface area contributed by atoms with Gasteiger partial charge >= 0.3 is 0 Å². The summed E-state index contributed by atoms with van der Waals surface area (Å²) in [5, 5.41) is 1.36. The minimum absolute atomic E-state index is 0.470. The number of methoxy groups -OCH3 is 1. The van der Waals surface area contributed by atoms with Gasteiger partial charge in [-0.1, -0.05) is 0 Å². The van der Waals surface area contributed by atoms with E-state index in [9.17, 15) is 0 Å². The summed E-state index contributed by atoms with van der Waals surface area (Å²) in [6, 6.07) is 9.24. The van der Waals surface area contributed by atoms with Crippen LogP contribution in [0.2, 0.25) is 0 Å². The molecule has 3 nitrogen and oxygen atoms in total. The van der Waals surface area contributed by atoms with E-state index >= 15 is 0 Å². The third-order valence-electron chi connectivity index (χ3n) is 5.61. The number of benzene rings is 1. The lowest BCUT2D eigenvalue weighted by atomic mass is 9.91. The van der Waals surface area contributed by atoms with Gasteiger partial charge in [-0.3, -0.25) is 4.90 Å². The maximum atomic E-state index is 5.94. The summed E-state index contributed by atoms with van der Waals surface area (Å²) in [7, 11) is 1.73. The fraction of sp³-hybridized carbons (Fsp3) is 0.400. The Morgan fingerprint density at radius 2 is 2.28 bits per heavy atom. The van der Waals surface area contributed by atoms with Gasteiger partial charge in [0.2, 0.25) is 0 Å². The van der Waals surface area contributed by atoms with Crippen molar-refractivity contribution in [2.75, 3.05) is 19.5 Å². The predicted molar refractivity (Wildman–Crippen MR) is 104 cm³/mol. The van der Waals surface area contributed by atoms with E-state index in [0.717, 1.165) is 38.1 Å². The minimum atomic E-state index is 0.470. The van der Waals surface area contributed by atoms with Gasteiger partial charge in [-0.25, -0.2) is 0 Å². The van der Waals surface area contributed by atoms with Crippen LogP contribution in [0, 0.1) is 0 Å². The van der Waals surface area contributed by atoms with Crippen LogP contribution in [0.3, 0.4) is 0 Å². The van der Waals surface area contributed by atoms with E-state index in [2.05, 4.69) is 34.1 Å². The van der Waals surface area contributed by atoms with Crippen molar-refractivity contribution in [2.45, 2.75) is 31.8 Å². The van der Waals surface area contributed by atoms with Crippen LogP contribution in [0.4, 0.5) is 0 Å². The fourth-order valence-corrected chi connectivity index (χ4v) is 5.93. The lowest BCUT2D eigenvalue weighted by Gasteiger charge is -2.39. The molecule has 0 radical (unpaired) electrons. The number of halogens is 1. The quantitative estimate of drug-likeness (QED) is 0.676. The number of hydrogen-bond donors (Lipinski definition) is 1. The number of alkyl halides is 1. The number of thiophene rings is 1. The number of aromatic amines is 1. The van der Waals surface area contributed by atoms with Crippen LogP contribution in [-0.2, 0) is 25.8 Å². The van der Waals surface area contributed by atoms with E-state index in [4.69, 9.17) is 16.3 Å². The van der Waals surface area contributed by atoms with Crippen LogP contribution in [0.1, 0.15) is 32.6 Å². The molecule has 1 atom stereocenters. The van der Waals surface area contributed by atoms with Gasteiger partial charge < -0.3 is 9.72 Å². The molecule has 2 aliphatic rings. The van der Waals surface area contributed by atoms with Crippen molar-refractivity contribution in [2.24, 2.45) is 0 Å². The number of rotatable bonds is 3.